The molecule has 2 aromatic carbocycles. The molecule has 0 aromatic heterocycles. The van der Waals surface area contributed by atoms with E-state index in [0.29, 0.717) is 11.1 Å². The van der Waals surface area contributed by atoms with Crippen LogP contribution in [0.1, 0.15) is 11.1 Å². The maximum Gasteiger partial charge on any atom is 0.261 e. The fourth-order valence-corrected chi connectivity index (χ4v) is 4.04. The van der Waals surface area contributed by atoms with Gasteiger partial charge in [-0.15, -0.1) is 0 Å². The average molecular weight is 379 g/mol. The fraction of sp³-hybridized carbons (Fsp3) is 0.188. The summed E-state index contributed by atoms with van der Waals surface area (Å²) >= 11 is 0. The minimum absolute atomic E-state index is 0.0133. The summed E-state index contributed by atoms with van der Waals surface area (Å²) in [5, 5.41) is 8.78. The SMILES string of the molecule is Cc1ccc(S(=O)(=O)N(C)C)cc1NS(=O)(=O)c1ccc(C#N)cc1. The van der Waals surface area contributed by atoms with Crippen molar-refractivity contribution in [2.75, 3.05) is 18.8 Å². The zero-order chi connectivity index (χ0) is 18.8. The molecule has 0 radical (unpaired) electrons. The van der Waals surface area contributed by atoms with Gasteiger partial charge in [0.25, 0.3) is 10.0 Å². The van der Waals surface area contributed by atoms with Crippen molar-refractivity contribution in [2.45, 2.75) is 16.7 Å². The molecule has 0 spiro atoms. The highest BCUT2D eigenvalue weighted by Crippen LogP contribution is 2.24. The lowest BCUT2D eigenvalue weighted by Gasteiger charge is -2.15. The summed E-state index contributed by atoms with van der Waals surface area (Å²) < 4.78 is 52.9. The van der Waals surface area contributed by atoms with Crippen LogP contribution in [0.15, 0.2) is 52.3 Å². The minimum atomic E-state index is -3.91. The van der Waals surface area contributed by atoms with Crippen molar-refractivity contribution in [3.63, 3.8) is 0 Å². The molecule has 9 heteroatoms. The van der Waals surface area contributed by atoms with Gasteiger partial charge in [-0.05, 0) is 48.9 Å². The van der Waals surface area contributed by atoms with Gasteiger partial charge in [0.05, 0.1) is 27.1 Å². The van der Waals surface area contributed by atoms with Gasteiger partial charge in [0.1, 0.15) is 0 Å². The largest absolute Gasteiger partial charge is 0.279 e. The van der Waals surface area contributed by atoms with Gasteiger partial charge in [0.2, 0.25) is 10.0 Å². The summed E-state index contributed by atoms with van der Waals surface area (Å²) in [5.74, 6) is 0. The minimum Gasteiger partial charge on any atom is -0.279 e. The summed E-state index contributed by atoms with van der Waals surface area (Å²) in [6.07, 6.45) is 0. The molecule has 0 atom stereocenters. The second-order valence-corrected chi connectivity index (χ2v) is 9.34. The number of aryl methyl sites for hydroxylation is 1. The standard InChI is InChI=1S/C16H17N3O4S2/c1-12-4-7-15(25(22,23)19(2)3)10-16(12)18-24(20,21)14-8-5-13(11-17)6-9-14/h4-10,18H,1-3H3. The Morgan fingerprint density at radius 2 is 1.52 bits per heavy atom. The van der Waals surface area contributed by atoms with Crippen molar-refractivity contribution in [3.05, 3.63) is 53.6 Å². The highest BCUT2D eigenvalue weighted by molar-refractivity contribution is 7.92. The third-order valence-corrected chi connectivity index (χ3v) is 6.72. The quantitative estimate of drug-likeness (QED) is 0.854. The summed E-state index contributed by atoms with van der Waals surface area (Å²) in [4.78, 5) is -0.0348. The number of anilines is 1. The first kappa shape index (κ1) is 18.9. The third kappa shape index (κ3) is 3.99. The second kappa shape index (κ2) is 6.84. The number of sulfonamides is 2. The molecule has 132 valence electrons. The Hall–Kier alpha value is -2.41. The van der Waals surface area contributed by atoms with Crippen molar-refractivity contribution in [1.29, 1.82) is 5.26 Å². The first-order valence-corrected chi connectivity index (χ1v) is 10.1. The van der Waals surface area contributed by atoms with Gasteiger partial charge in [0.15, 0.2) is 0 Å². The van der Waals surface area contributed by atoms with Crippen molar-refractivity contribution in [3.8, 4) is 6.07 Å². The van der Waals surface area contributed by atoms with E-state index in [1.807, 2.05) is 6.07 Å². The molecule has 0 aliphatic heterocycles. The topological polar surface area (TPSA) is 107 Å². The molecule has 25 heavy (non-hydrogen) atoms. The zero-order valence-electron chi connectivity index (χ0n) is 13.9. The van der Waals surface area contributed by atoms with Crippen molar-refractivity contribution >= 4 is 25.7 Å². The molecule has 0 saturated carbocycles. The number of hydrogen-bond donors (Lipinski definition) is 1. The maximum absolute atomic E-state index is 12.5. The third-order valence-electron chi connectivity index (χ3n) is 3.53. The molecule has 7 nitrogen and oxygen atoms in total. The summed E-state index contributed by atoms with van der Waals surface area (Å²) in [7, 11) is -4.80. The molecular formula is C16H17N3O4S2. The van der Waals surface area contributed by atoms with Gasteiger partial charge in [-0.1, -0.05) is 6.07 Å². The van der Waals surface area contributed by atoms with Crippen LogP contribution in [0.4, 0.5) is 5.69 Å². The van der Waals surface area contributed by atoms with E-state index in [2.05, 4.69) is 4.72 Å². The molecule has 0 unspecified atom stereocenters. The Kier molecular flexibility index (Phi) is 5.17. The molecule has 0 heterocycles. The Morgan fingerprint density at radius 1 is 0.960 bits per heavy atom. The molecule has 0 amide bonds. The van der Waals surface area contributed by atoms with Crippen LogP contribution in [-0.4, -0.2) is 35.2 Å². The van der Waals surface area contributed by atoms with Crippen LogP contribution in [0.25, 0.3) is 0 Å². The highest BCUT2D eigenvalue weighted by Gasteiger charge is 2.20. The van der Waals surface area contributed by atoms with E-state index < -0.39 is 20.0 Å². The van der Waals surface area contributed by atoms with E-state index in [1.54, 1.807) is 6.92 Å². The second-order valence-electron chi connectivity index (χ2n) is 5.51. The zero-order valence-corrected chi connectivity index (χ0v) is 15.5. The maximum atomic E-state index is 12.5. The number of nitriles is 1. The molecule has 0 aliphatic rings. The lowest BCUT2D eigenvalue weighted by molar-refractivity contribution is 0.520. The predicted octanol–water partition coefficient (Wildman–Crippen LogP) is 1.92. The Bertz CT molecular complexity index is 1040. The lowest BCUT2D eigenvalue weighted by Crippen LogP contribution is -2.22. The summed E-state index contributed by atoms with van der Waals surface area (Å²) in [6, 6.07) is 11.6. The molecule has 2 rings (SSSR count). The number of nitrogens with one attached hydrogen (secondary N) is 1. The van der Waals surface area contributed by atoms with Crippen LogP contribution in [0.2, 0.25) is 0 Å². The monoisotopic (exact) mass is 379 g/mol. The fourth-order valence-electron chi connectivity index (χ4n) is 1.99. The van der Waals surface area contributed by atoms with Crippen LogP contribution in [0, 0.1) is 18.3 Å². The van der Waals surface area contributed by atoms with E-state index in [-0.39, 0.29) is 15.5 Å². The van der Waals surface area contributed by atoms with Gasteiger partial charge in [0, 0.05) is 14.1 Å². The van der Waals surface area contributed by atoms with E-state index in [0.717, 1.165) is 4.31 Å². The molecule has 2 aromatic rings. The lowest BCUT2D eigenvalue weighted by atomic mass is 10.2. The Balaban J connectivity index is 2.43. The van der Waals surface area contributed by atoms with Crippen molar-refractivity contribution in [2.24, 2.45) is 0 Å². The van der Waals surface area contributed by atoms with Gasteiger partial charge in [-0.3, -0.25) is 4.72 Å². The van der Waals surface area contributed by atoms with Crippen LogP contribution in [0.3, 0.4) is 0 Å². The average Bonchev–Trinajstić information content (AvgIpc) is 2.56. The van der Waals surface area contributed by atoms with Gasteiger partial charge in [-0.2, -0.15) is 5.26 Å². The molecule has 0 aliphatic carbocycles. The normalized spacial score (nSPS) is 12.0. The van der Waals surface area contributed by atoms with Crippen LogP contribution in [0.5, 0.6) is 0 Å². The molecule has 0 saturated heterocycles. The first-order valence-electron chi connectivity index (χ1n) is 7.14. The summed E-state index contributed by atoms with van der Waals surface area (Å²) in [6.45, 7) is 1.67. The Morgan fingerprint density at radius 3 is 2.04 bits per heavy atom. The Labute approximate surface area is 147 Å². The van der Waals surface area contributed by atoms with Gasteiger partial charge in [-0.25, -0.2) is 21.1 Å². The van der Waals surface area contributed by atoms with E-state index >= 15 is 0 Å². The van der Waals surface area contributed by atoms with Gasteiger partial charge >= 0.3 is 0 Å². The molecule has 0 fully saturated rings. The predicted molar refractivity (Wildman–Crippen MR) is 94.0 cm³/mol. The molecule has 1 N–H and O–H groups in total. The van der Waals surface area contributed by atoms with Crippen molar-refractivity contribution < 1.29 is 16.8 Å². The van der Waals surface area contributed by atoms with E-state index in [4.69, 9.17) is 5.26 Å². The molecular weight excluding hydrogens is 362 g/mol. The van der Waals surface area contributed by atoms with Gasteiger partial charge < -0.3 is 0 Å². The van der Waals surface area contributed by atoms with Crippen molar-refractivity contribution in [1.82, 2.24) is 4.31 Å². The van der Waals surface area contributed by atoms with Crippen LogP contribution in [-0.2, 0) is 20.0 Å². The number of hydrogen-bond acceptors (Lipinski definition) is 5. The number of nitrogens with zero attached hydrogens (tertiary/aromatic N) is 2. The first-order chi connectivity index (χ1) is 11.6. The smallest absolute Gasteiger partial charge is 0.261 e. The number of benzene rings is 2. The van der Waals surface area contributed by atoms with Crippen LogP contribution < -0.4 is 4.72 Å². The van der Waals surface area contributed by atoms with E-state index in [9.17, 15) is 16.8 Å². The summed E-state index contributed by atoms with van der Waals surface area (Å²) in [5.41, 5.74) is 1.09. The van der Waals surface area contributed by atoms with E-state index in [1.165, 1.54) is 56.6 Å². The number of rotatable bonds is 5. The van der Waals surface area contributed by atoms with Crippen LogP contribution >= 0.6 is 0 Å². The molecule has 0 bridgehead atoms. The highest BCUT2D eigenvalue weighted by atomic mass is 32.2.